The van der Waals surface area contributed by atoms with Gasteiger partial charge in [-0.2, -0.15) is 0 Å². The van der Waals surface area contributed by atoms with E-state index in [1.54, 1.807) is 15.9 Å². The molecule has 2 aromatic heterocycles. The molecular weight excluding hydrogens is 378 g/mol. The lowest BCUT2D eigenvalue weighted by Gasteiger charge is -2.29. The maximum Gasteiger partial charge on any atom is 0.263 e. The first-order chi connectivity index (χ1) is 13.1. The molecule has 0 saturated heterocycles. The summed E-state index contributed by atoms with van der Waals surface area (Å²) in [6.45, 7) is 4.77. The number of rotatable bonds is 5. The van der Waals surface area contributed by atoms with Crippen molar-refractivity contribution in [2.75, 3.05) is 5.75 Å². The van der Waals surface area contributed by atoms with Gasteiger partial charge in [0.1, 0.15) is 4.83 Å². The van der Waals surface area contributed by atoms with Gasteiger partial charge in [0.25, 0.3) is 5.56 Å². The molecular formula is C20H27N3O2S2. The van der Waals surface area contributed by atoms with Crippen LogP contribution < -0.4 is 10.9 Å². The first-order valence-electron chi connectivity index (χ1n) is 10.1. The second-order valence-corrected chi connectivity index (χ2v) is 9.73. The summed E-state index contributed by atoms with van der Waals surface area (Å²) in [7, 11) is 0. The van der Waals surface area contributed by atoms with Gasteiger partial charge >= 0.3 is 0 Å². The van der Waals surface area contributed by atoms with Gasteiger partial charge in [-0.05, 0) is 50.5 Å². The van der Waals surface area contributed by atoms with Crippen LogP contribution >= 0.6 is 23.1 Å². The normalized spacial score (nSPS) is 22.1. The lowest BCUT2D eigenvalue weighted by atomic mass is 9.86. The number of aryl methyl sites for hydroxylation is 2. The van der Waals surface area contributed by atoms with E-state index in [9.17, 15) is 9.59 Å². The van der Waals surface area contributed by atoms with Gasteiger partial charge in [0.05, 0.1) is 11.1 Å². The molecule has 1 amide bonds. The fourth-order valence-electron chi connectivity index (χ4n) is 4.36. The Morgan fingerprint density at radius 3 is 2.89 bits per heavy atom. The van der Waals surface area contributed by atoms with Crippen molar-refractivity contribution in [1.82, 2.24) is 14.9 Å². The maximum absolute atomic E-state index is 13.0. The van der Waals surface area contributed by atoms with E-state index in [2.05, 4.69) is 12.2 Å². The van der Waals surface area contributed by atoms with Crippen molar-refractivity contribution in [1.29, 1.82) is 0 Å². The smallest absolute Gasteiger partial charge is 0.263 e. The molecule has 2 aromatic rings. The number of thiophene rings is 1. The molecule has 7 heteroatoms. The fourth-order valence-corrected chi connectivity index (χ4v) is 6.53. The highest BCUT2D eigenvalue weighted by atomic mass is 32.2. The van der Waals surface area contributed by atoms with Crippen LogP contribution in [0.3, 0.4) is 0 Å². The van der Waals surface area contributed by atoms with Crippen LogP contribution in [-0.4, -0.2) is 27.3 Å². The Hall–Kier alpha value is -1.34. The van der Waals surface area contributed by atoms with E-state index < -0.39 is 0 Å². The highest BCUT2D eigenvalue weighted by Gasteiger charge is 2.25. The quantitative estimate of drug-likeness (QED) is 0.608. The van der Waals surface area contributed by atoms with E-state index in [0.29, 0.717) is 23.4 Å². The van der Waals surface area contributed by atoms with Gasteiger partial charge < -0.3 is 5.32 Å². The molecule has 1 N–H and O–H groups in total. The zero-order valence-electron chi connectivity index (χ0n) is 16.0. The Labute approximate surface area is 167 Å². The van der Waals surface area contributed by atoms with Crippen LogP contribution in [0.4, 0.5) is 0 Å². The zero-order valence-corrected chi connectivity index (χ0v) is 17.7. The number of aromatic nitrogens is 2. The largest absolute Gasteiger partial charge is 0.352 e. The average Bonchev–Trinajstić information content (AvgIpc) is 3.22. The third-order valence-electron chi connectivity index (χ3n) is 5.90. The van der Waals surface area contributed by atoms with Crippen molar-refractivity contribution < 1.29 is 4.79 Å². The molecule has 146 valence electrons. The molecule has 5 nitrogen and oxygen atoms in total. The van der Waals surface area contributed by atoms with Crippen molar-refractivity contribution in [2.24, 2.45) is 5.92 Å². The van der Waals surface area contributed by atoms with Crippen LogP contribution in [0.15, 0.2) is 9.95 Å². The minimum atomic E-state index is 0.0458. The third kappa shape index (κ3) is 3.68. The topological polar surface area (TPSA) is 64.0 Å². The highest BCUT2D eigenvalue weighted by Crippen LogP contribution is 2.35. The molecule has 27 heavy (non-hydrogen) atoms. The molecule has 1 saturated carbocycles. The van der Waals surface area contributed by atoms with Crippen molar-refractivity contribution in [2.45, 2.75) is 76.5 Å². The van der Waals surface area contributed by atoms with E-state index in [0.717, 1.165) is 35.9 Å². The molecule has 0 bridgehead atoms. The number of hydrogen-bond acceptors (Lipinski definition) is 5. The maximum atomic E-state index is 13.0. The Balaban J connectivity index is 1.51. The number of fused-ring (bicyclic) bond motifs is 3. The Kier molecular flexibility index (Phi) is 5.60. The highest BCUT2D eigenvalue weighted by molar-refractivity contribution is 7.99. The van der Waals surface area contributed by atoms with Gasteiger partial charge in [-0.1, -0.05) is 31.5 Å². The predicted octanol–water partition coefficient (Wildman–Crippen LogP) is 3.75. The van der Waals surface area contributed by atoms with Crippen molar-refractivity contribution in [3.63, 3.8) is 0 Å². The lowest BCUT2D eigenvalue weighted by Crippen LogP contribution is -2.41. The third-order valence-corrected chi connectivity index (χ3v) is 8.06. The summed E-state index contributed by atoms with van der Waals surface area (Å²) in [6.07, 6.45) is 7.91. The van der Waals surface area contributed by atoms with Gasteiger partial charge in [0, 0.05) is 17.5 Å². The molecule has 1 fully saturated rings. The molecule has 2 aliphatic carbocycles. The van der Waals surface area contributed by atoms with E-state index in [4.69, 9.17) is 4.98 Å². The van der Waals surface area contributed by atoms with E-state index in [1.807, 2.05) is 6.92 Å². The van der Waals surface area contributed by atoms with Crippen molar-refractivity contribution in [3.05, 3.63) is 20.8 Å². The molecule has 4 rings (SSSR count). The van der Waals surface area contributed by atoms with Gasteiger partial charge in [-0.25, -0.2) is 4.98 Å². The molecule has 0 aliphatic heterocycles. The summed E-state index contributed by atoms with van der Waals surface area (Å²) in [5.41, 5.74) is 1.28. The van der Waals surface area contributed by atoms with Gasteiger partial charge in [0.15, 0.2) is 5.16 Å². The molecule has 0 aromatic carbocycles. The first kappa shape index (κ1) is 19.0. The Morgan fingerprint density at radius 2 is 2.11 bits per heavy atom. The Bertz CT molecular complexity index is 918. The summed E-state index contributed by atoms with van der Waals surface area (Å²) in [6, 6.07) is 0.288. The van der Waals surface area contributed by atoms with E-state index >= 15 is 0 Å². The van der Waals surface area contributed by atoms with Crippen LogP contribution in [0.1, 0.15) is 56.4 Å². The van der Waals surface area contributed by atoms with E-state index in [-0.39, 0.29) is 17.5 Å². The number of carbonyl (C=O) groups excluding carboxylic acids is 1. The number of nitrogens with zero attached hydrogens (tertiary/aromatic N) is 2. The summed E-state index contributed by atoms with van der Waals surface area (Å²) in [5.74, 6) is 0.903. The number of nitrogens with one attached hydrogen (secondary N) is 1. The standard InChI is InChI=1S/C20H27N3O2S2/c1-3-23-19(25)17-13-8-6-10-15(13)27-18(17)22-20(23)26-11-16(24)21-14-9-5-4-7-12(14)2/h12,14H,3-11H2,1-2H3,(H,21,24)/t12-,14+/m1/s1. The van der Waals surface area contributed by atoms with Crippen molar-refractivity contribution >= 4 is 39.2 Å². The summed E-state index contributed by atoms with van der Waals surface area (Å²) >= 11 is 3.04. The molecule has 2 atom stereocenters. The number of thioether (sulfide) groups is 1. The minimum absolute atomic E-state index is 0.0458. The average molecular weight is 406 g/mol. The Morgan fingerprint density at radius 1 is 1.30 bits per heavy atom. The number of hydrogen-bond donors (Lipinski definition) is 1. The molecule has 2 heterocycles. The van der Waals surface area contributed by atoms with Crippen LogP contribution in [-0.2, 0) is 24.2 Å². The van der Waals surface area contributed by atoms with Crippen LogP contribution in [0.25, 0.3) is 10.2 Å². The first-order valence-corrected chi connectivity index (χ1v) is 11.9. The van der Waals surface area contributed by atoms with Crippen LogP contribution in [0.5, 0.6) is 0 Å². The van der Waals surface area contributed by atoms with Crippen molar-refractivity contribution in [3.8, 4) is 0 Å². The van der Waals surface area contributed by atoms with Gasteiger partial charge in [-0.15, -0.1) is 11.3 Å². The van der Waals surface area contributed by atoms with Crippen LogP contribution in [0.2, 0.25) is 0 Å². The lowest BCUT2D eigenvalue weighted by molar-refractivity contribution is -0.119. The second-order valence-electron chi connectivity index (χ2n) is 7.71. The SMILES string of the molecule is CCn1c(SCC(=O)N[C@H]2CCCC[C@H]2C)nc2sc3c(c2c1=O)CCC3. The monoisotopic (exact) mass is 405 g/mol. The molecule has 0 unspecified atom stereocenters. The van der Waals surface area contributed by atoms with Crippen LogP contribution in [0, 0.1) is 5.92 Å². The molecule has 2 aliphatic rings. The van der Waals surface area contributed by atoms with Gasteiger partial charge in [0.2, 0.25) is 5.91 Å². The second kappa shape index (κ2) is 7.95. The minimum Gasteiger partial charge on any atom is -0.352 e. The molecule has 0 radical (unpaired) electrons. The van der Waals surface area contributed by atoms with Gasteiger partial charge in [-0.3, -0.25) is 14.2 Å². The zero-order chi connectivity index (χ0) is 19.0. The predicted molar refractivity (Wildman–Crippen MR) is 112 cm³/mol. The summed E-state index contributed by atoms with van der Waals surface area (Å²) in [5, 5.41) is 4.67. The number of carbonyl (C=O) groups is 1. The molecule has 0 spiro atoms. The van der Waals surface area contributed by atoms with E-state index in [1.165, 1.54) is 41.5 Å². The number of amides is 1. The summed E-state index contributed by atoms with van der Waals surface area (Å²) < 4.78 is 1.73. The summed E-state index contributed by atoms with van der Waals surface area (Å²) in [4.78, 5) is 32.4. The fraction of sp³-hybridized carbons (Fsp3) is 0.650.